The number of amides is 1. The Morgan fingerprint density at radius 2 is 1.74 bits per heavy atom. The summed E-state index contributed by atoms with van der Waals surface area (Å²) in [4.78, 5) is 12.6. The van der Waals surface area contributed by atoms with E-state index in [1.165, 1.54) is 19.2 Å². The van der Waals surface area contributed by atoms with E-state index in [4.69, 9.17) is 27.9 Å². The number of ether oxygens (including phenoxy) is 1. The number of carbonyl (C=O) groups is 1. The zero-order valence-electron chi connectivity index (χ0n) is 20.3. The number of carbonyl (C=O) groups excluding carboxylic acids is 1. The number of fused-ring (bicyclic) bond motifs is 1. The Morgan fingerprint density at radius 1 is 1.03 bits per heavy atom. The molecular formula is C25H18Cl2N3NaO6S. The zero-order chi connectivity index (χ0) is 26.9. The van der Waals surface area contributed by atoms with Gasteiger partial charge in [-0.05, 0) is 48.2 Å². The van der Waals surface area contributed by atoms with E-state index in [9.17, 15) is 22.9 Å². The number of hydrogen-bond donors (Lipinski definition) is 2. The number of halogens is 2. The molecule has 0 bridgehead atoms. The Bertz CT molecular complexity index is 1700. The van der Waals surface area contributed by atoms with Crippen LogP contribution in [0, 0.1) is 6.92 Å². The number of azo groups is 1. The van der Waals surface area contributed by atoms with Crippen molar-refractivity contribution < 1.29 is 57.2 Å². The average molecular weight is 582 g/mol. The van der Waals surface area contributed by atoms with Crippen molar-refractivity contribution in [1.29, 1.82) is 0 Å². The maximum atomic E-state index is 13.4. The predicted octanol–water partition coefficient (Wildman–Crippen LogP) is 3.46. The van der Waals surface area contributed by atoms with E-state index >= 15 is 0 Å². The number of hydrogen-bond acceptors (Lipinski definition) is 7. The van der Waals surface area contributed by atoms with E-state index in [1.807, 2.05) is 0 Å². The van der Waals surface area contributed by atoms with Crippen LogP contribution >= 0.6 is 23.2 Å². The van der Waals surface area contributed by atoms with Gasteiger partial charge in [0.2, 0.25) is 0 Å². The molecule has 1 amide bonds. The summed E-state index contributed by atoms with van der Waals surface area (Å²) < 4.78 is 37.7. The van der Waals surface area contributed by atoms with Gasteiger partial charge in [0.15, 0.2) is 0 Å². The van der Waals surface area contributed by atoms with Gasteiger partial charge in [-0.1, -0.05) is 53.2 Å². The fourth-order valence-corrected chi connectivity index (χ4v) is 4.51. The first kappa shape index (κ1) is 29.9. The molecule has 4 rings (SSSR count). The molecule has 0 atom stereocenters. The first-order valence-corrected chi connectivity index (χ1v) is 12.8. The monoisotopic (exact) mass is 581 g/mol. The minimum atomic E-state index is -4.57. The van der Waals surface area contributed by atoms with E-state index in [-0.39, 0.29) is 62.2 Å². The van der Waals surface area contributed by atoms with Crippen molar-refractivity contribution in [2.45, 2.75) is 11.8 Å². The van der Waals surface area contributed by atoms with Gasteiger partial charge in [0.1, 0.15) is 5.75 Å². The fraction of sp³-hybridized carbons (Fsp3) is 0.0800. The maximum absolute atomic E-state index is 13.4. The van der Waals surface area contributed by atoms with Gasteiger partial charge in [0, 0.05) is 22.0 Å². The first-order chi connectivity index (χ1) is 17.5. The number of anilines is 1. The van der Waals surface area contributed by atoms with Crippen LogP contribution in [0.2, 0.25) is 10.0 Å². The topological polar surface area (TPSA) is 140 Å². The van der Waals surface area contributed by atoms with Crippen LogP contribution in [0.15, 0.2) is 75.8 Å². The molecule has 0 aliphatic heterocycles. The minimum Gasteiger partial charge on any atom is -0.870 e. The Morgan fingerprint density at radius 3 is 2.39 bits per heavy atom. The minimum absolute atomic E-state index is 0. The summed E-state index contributed by atoms with van der Waals surface area (Å²) in [5.41, 5.74) is 0.314. The molecule has 0 unspecified atom stereocenters. The standard InChI is InChI=1S/C25H19Cl2N3O6S.Na/c1-13-19(26)11-16(37(33,34)35)12-22(13)29-30-23-17-6-4-3-5-14(17)9-18(24(23)31)25(32)28-21-8-7-15(36-2)10-20(21)27;/h3-12,31H,1-2H3,(H,28,32)(H,33,34,35);/q;+1/p-1. The molecule has 0 aliphatic rings. The van der Waals surface area contributed by atoms with Crippen LogP contribution in [0.5, 0.6) is 11.5 Å². The normalized spacial score (nSPS) is 11.4. The van der Waals surface area contributed by atoms with Gasteiger partial charge in [-0.15, -0.1) is 0 Å². The number of nitrogens with zero attached hydrogens (tertiary/aromatic N) is 2. The van der Waals surface area contributed by atoms with Crippen molar-refractivity contribution in [3.8, 4) is 11.5 Å². The largest absolute Gasteiger partial charge is 1.00 e. The Labute approximate surface area is 250 Å². The molecule has 0 aromatic heterocycles. The molecule has 0 spiro atoms. The average Bonchev–Trinajstić information content (AvgIpc) is 2.85. The van der Waals surface area contributed by atoms with Crippen molar-refractivity contribution in [3.63, 3.8) is 0 Å². The van der Waals surface area contributed by atoms with Crippen LogP contribution in [0.25, 0.3) is 10.8 Å². The summed E-state index contributed by atoms with van der Waals surface area (Å²) in [6.07, 6.45) is 0. The van der Waals surface area contributed by atoms with Crippen LogP contribution in [0.4, 0.5) is 17.1 Å². The molecule has 0 aliphatic carbocycles. The second-order valence-corrected chi connectivity index (χ2v) is 10.1. The molecular weight excluding hydrogens is 564 g/mol. The molecule has 0 saturated heterocycles. The van der Waals surface area contributed by atoms with Crippen molar-refractivity contribution in [2.75, 3.05) is 12.4 Å². The quantitative estimate of drug-likeness (QED) is 0.203. The molecule has 2 N–H and O–H groups in total. The molecule has 38 heavy (non-hydrogen) atoms. The van der Waals surface area contributed by atoms with Gasteiger partial charge in [-0.3, -0.25) is 9.35 Å². The molecule has 0 saturated carbocycles. The molecule has 4 aromatic rings. The number of methoxy groups -OCH3 is 1. The second kappa shape index (κ2) is 12.0. The Hall–Kier alpha value is -2.70. The van der Waals surface area contributed by atoms with E-state index in [2.05, 4.69) is 15.5 Å². The van der Waals surface area contributed by atoms with Crippen LogP contribution in [-0.2, 0) is 10.1 Å². The SMILES string of the molecule is COc1ccc(NC(=O)c2cc3ccccc3c(N=Nc3cc(S(=O)(=O)O)cc(Cl)c3C)c2[O-])c(Cl)c1.[Na+]. The van der Waals surface area contributed by atoms with E-state index < -0.39 is 26.7 Å². The van der Waals surface area contributed by atoms with E-state index in [0.29, 0.717) is 22.1 Å². The number of nitrogens with one attached hydrogen (secondary N) is 1. The molecule has 0 radical (unpaired) electrons. The van der Waals surface area contributed by atoms with Gasteiger partial charge in [0.05, 0.1) is 34.1 Å². The van der Waals surface area contributed by atoms with Crippen molar-refractivity contribution in [3.05, 3.63) is 81.8 Å². The van der Waals surface area contributed by atoms with Gasteiger partial charge in [0.25, 0.3) is 16.0 Å². The van der Waals surface area contributed by atoms with Gasteiger partial charge in [-0.2, -0.15) is 18.6 Å². The van der Waals surface area contributed by atoms with E-state index in [1.54, 1.807) is 43.3 Å². The Kier molecular flexibility index (Phi) is 9.43. The number of rotatable bonds is 6. The molecule has 0 heterocycles. The third-order valence-corrected chi connectivity index (χ3v) is 7.03. The molecule has 13 heteroatoms. The van der Waals surface area contributed by atoms with E-state index in [0.717, 1.165) is 12.1 Å². The summed E-state index contributed by atoms with van der Waals surface area (Å²) in [6, 6.07) is 15.0. The van der Waals surface area contributed by atoms with Gasteiger partial charge < -0.3 is 15.2 Å². The van der Waals surface area contributed by atoms with Crippen LogP contribution in [0.3, 0.4) is 0 Å². The third kappa shape index (κ3) is 6.29. The predicted molar refractivity (Wildman–Crippen MR) is 140 cm³/mol. The summed E-state index contributed by atoms with van der Waals surface area (Å²) in [6.45, 7) is 1.57. The molecule has 190 valence electrons. The van der Waals surface area contributed by atoms with Crippen molar-refractivity contribution in [1.82, 2.24) is 0 Å². The van der Waals surface area contributed by atoms with Crippen LogP contribution in [-0.4, -0.2) is 26.0 Å². The first-order valence-electron chi connectivity index (χ1n) is 10.6. The summed E-state index contributed by atoms with van der Waals surface area (Å²) >= 11 is 12.3. The molecule has 4 aromatic carbocycles. The molecule has 9 nitrogen and oxygen atoms in total. The van der Waals surface area contributed by atoms with Crippen LogP contribution in [0.1, 0.15) is 15.9 Å². The maximum Gasteiger partial charge on any atom is 1.00 e. The fourth-order valence-electron chi connectivity index (χ4n) is 3.49. The Balaban J connectivity index is 0.00000400. The number of benzene rings is 4. The van der Waals surface area contributed by atoms with Crippen LogP contribution < -0.4 is 44.7 Å². The third-order valence-electron chi connectivity index (χ3n) is 5.49. The summed E-state index contributed by atoms with van der Waals surface area (Å²) in [5, 5.41) is 25.3. The molecule has 0 fully saturated rings. The second-order valence-electron chi connectivity index (χ2n) is 7.85. The summed E-state index contributed by atoms with van der Waals surface area (Å²) in [7, 11) is -3.09. The van der Waals surface area contributed by atoms with Crippen molar-refractivity contribution in [2.24, 2.45) is 10.2 Å². The zero-order valence-corrected chi connectivity index (χ0v) is 24.6. The van der Waals surface area contributed by atoms with Crippen molar-refractivity contribution >= 4 is 67.1 Å². The van der Waals surface area contributed by atoms with Gasteiger partial charge >= 0.3 is 29.6 Å². The smallest absolute Gasteiger partial charge is 0.870 e. The van der Waals surface area contributed by atoms with Gasteiger partial charge in [-0.25, -0.2) is 0 Å². The summed E-state index contributed by atoms with van der Waals surface area (Å²) in [5.74, 6) is -0.930.